The van der Waals surface area contributed by atoms with Gasteiger partial charge in [0.25, 0.3) is 0 Å². The Hall–Kier alpha value is -1.55. The monoisotopic (exact) mass is 252 g/mol. The Morgan fingerprint density at radius 3 is 2.06 bits per heavy atom. The first kappa shape index (κ1) is 16.4. The van der Waals surface area contributed by atoms with Gasteiger partial charge in [-0.05, 0) is 38.8 Å². The number of nitrogens with one attached hydrogen (secondary N) is 1. The van der Waals surface area contributed by atoms with Crippen LogP contribution < -0.4 is 5.32 Å². The molecule has 0 spiro atoms. The van der Waals surface area contributed by atoms with E-state index >= 15 is 0 Å². The van der Waals surface area contributed by atoms with Crippen molar-refractivity contribution in [1.29, 1.82) is 0 Å². The Morgan fingerprint density at radius 1 is 1.22 bits per heavy atom. The van der Waals surface area contributed by atoms with E-state index in [2.05, 4.69) is 5.32 Å². The summed E-state index contributed by atoms with van der Waals surface area (Å²) in [5.74, 6) is 0. The fourth-order valence-corrected chi connectivity index (χ4v) is 1.44. The van der Waals surface area contributed by atoms with Gasteiger partial charge in [0, 0.05) is 25.9 Å². The Bertz CT molecular complexity index is 369. The highest BCUT2D eigenvalue weighted by molar-refractivity contribution is 5.91. The van der Waals surface area contributed by atoms with Gasteiger partial charge in [-0.1, -0.05) is 18.2 Å². The van der Waals surface area contributed by atoms with Crippen LogP contribution in [0.3, 0.4) is 0 Å². The summed E-state index contributed by atoms with van der Waals surface area (Å²) in [4.78, 5) is 13.6. The molecule has 4 heteroatoms. The van der Waals surface area contributed by atoms with Crippen molar-refractivity contribution in [1.82, 2.24) is 4.90 Å². The SMILES string of the molecule is CO.Cc1cccc(C)c1NC(=O)N(C)C(C)C. The van der Waals surface area contributed by atoms with Crippen LogP contribution in [0.4, 0.5) is 10.5 Å². The average Bonchev–Trinajstić information content (AvgIpc) is 2.35. The summed E-state index contributed by atoms with van der Waals surface area (Å²) in [6.45, 7) is 7.98. The molecule has 1 rings (SSSR count). The van der Waals surface area contributed by atoms with E-state index in [1.807, 2.05) is 45.9 Å². The van der Waals surface area contributed by atoms with Crippen molar-refractivity contribution in [2.75, 3.05) is 19.5 Å². The highest BCUT2D eigenvalue weighted by atomic mass is 16.2. The summed E-state index contributed by atoms with van der Waals surface area (Å²) in [5.41, 5.74) is 3.09. The number of rotatable bonds is 2. The van der Waals surface area contributed by atoms with Crippen LogP contribution in [0.15, 0.2) is 18.2 Å². The highest BCUT2D eigenvalue weighted by Gasteiger charge is 2.13. The average molecular weight is 252 g/mol. The van der Waals surface area contributed by atoms with Crippen molar-refractivity contribution in [3.63, 3.8) is 0 Å². The molecule has 18 heavy (non-hydrogen) atoms. The first-order chi connectivity index (χ1) is 8.43. The zero-order valence-electron chi connectivity index (χ0n) is 12.1. The second kappa shape index (κ2) is 7.71. The Morgan fingerprint density at radius 2 is 1.67 bits per heavy atom. The molecule has 0 aliphatic rings. The van der Waals surface area contributed by atoms with Crippen LogP contribution in [-0.2, 0) is 0 Å². The Labute approximate surface area is 110 Å². The maximum Gasteiger partial charge on any atom is 0.321 e. The second-order valence-corrected chi connectivity index (χ2v) is 4.40. The number of hydrogen-bond acceptors (Lipinski definition) is 2. The Balaban J connectivity index is 0.00000137. The minimum atomic E-state index is -0.0626. The number of carbonyl (C=O) groups excluding carboxylic acids is 1. The number of benzene rings is 1. The normalized spacial score (nSPS) is 9.56. The topological polar surface area (TPSA) is 52.6 Å². The molecule has 4 nitrogen and oxygen atoms in total. The summed E-state index contributed by atoms with van der Waals surface area (Å²) in [6, 6.07) is 6.12. The number of aliphatic hydroxyl groups is 1. The van der Waals surface area contributed by atoms with E-state index in [-0.39, 0.29) is 12.1 Å². The molecule has 0 saturated heterocycles. The van der Waals surface area contributed by atoms with Crippen LogP contribution in [-0.4, -0.2) is 36.2 Å². The van der Waals surface area contributed by atoms with E-state index in [0.717, 1.165) is 23.9 Å². The van der Waals surface area contributed by atoms with Crippen molar-refractivity contribution in [2.45, 2.75) is 33.7 Å². The number of para-hydroxylation sites is 1. The van der Waals surface area contributed by atoms with E-state index in [1.165, 1.54) is 0 Å². The summed E-state index contributed by atoms with van der Waals surface area (Å²) in [5, 5.41) is 9.95. The molecule has 0 unspecified atom stereocenters. The summed E-state index contributed by atoms with van der Waals surface area (Å²) in [7, 11) is 2.80. The van der Waals surface area contributed by atoms with Gasteiger partial charge in [-0.2, -0.15) is 0 Å². The molecule has 0 saturated carbocycles. The van der Waals surface area contributed by atoms with Gasteiger partial charge >= 0.3 is 6.03 Å². The molecule has 0 atom stereocenters. The number of aliphatic hydroxyl groups excluding tert-OH is 1. The smallest absolute Gasteiger partial charge is 0.321 e. The van der Waals surface area contributed by atoms with Gasteiger partial charge in [0.05, 0.1) is 0 Å². The molecular formula is C14H24N2O2. The van der Waals surface area contributed by atoms with Crippen molar-refractivity contribution in [2.24, 2.45) is 0 Å². The van der Waals surface area contributed by atoms with Crippen LogP contribution >= 0.6 is 0 Å². The van der Waals surface area contributed by atoms with E-state index < -0.39 is 0 Å². The van der Waals surface area contributed by atoms with Crippen LogP contribution in [0.1, 0.15) is 25.0 Å². The van der Waals surface area contributed by atoms with Crippen molar-refractivity contribution in [3.8, 4) is 0 Å². The number of amides is 2. The molecule has 102 valence electrons. The number of nitrogens with zero attached hydrogens (tertiary/aromatic N) is 1. The molecule has 2 N–H and O–H groups in total. The zero-order valence-corrected chi connectivity index (χ0v) is 12.1. The van der Waals surface area contributed by atoms with Crippen LogP contribution in [0, 0.1) is 13.8 Å². The number of carbonyl (C=O) groups is 1. The molecular weight excluding hydrogens is 228 g/mol. The lowest BCUT2D eigenvalue weighted by molar-refractivity contribution is 0.211. The molecule has 0 radical (unpaired) electrons. The molecule has 1 aromatic carbocycles. The summed E-state index contributed by atoms with van der Waals surface area (Å²) >= 11 is 0. The first-order valence-electron chi connectivity index (χ1n) is 5.98. The van der Waals surface area contributed by atoms with Gasteiger partial charge in [-0.25, -0.2) is 4.79 Å². The number of urea groups is 1. The van der Waals surface area contributed by atoms with E-state index in [4.69, 9.17) is 5.11 Å². The predicted octanol–water partition coefficient (Wildman–Crippen LogP) is 2.78. The molecule has 0 heterocycles. The molecule has 0 aromatic heterocycles. The van der Waals surface area contributed by atoms with Crippen LogP contribution in [0.5, 0.6) is 0 Å². The maximum atomic E-state index is 11.9. The largest absolute Gasteiger partial charge is 0.400 e. The standard InChI is InChI=1S/C13H20N2O.CH4O/c1-9(2)15(5)13(16)14-12-10(3)7-6-8-11(12)4;1-2/h6-9H,1-5H3,(H,14,16);2H,1H3. The third-order valence-corrected chi connectivity index (χ3v) is 2.81. The highest BCUT2D eigenvalue weighted by Crippen LogP contribution is 2.19. The van der Waals surface area contributed by atoms with E-state index in [1.54, 1.807) is 11.9 Å². The van der Waals surface area contributed by atoms with Crippen LogP contribution in [0.2, 0.25) is 0 Å². The van der Waals surface area contributed by atoms with Gasteiger partial charge in [-0.15, -0.1) is 0 Å². The minimum Gasteiger partial charge on any atom is -0.400 e. The number of hydrogen-bond donors (Lipinski definition) is 2. The first-order valence-corrected chi connectivity index (χ1v) is 5.98. The molecule has 0 aliphatic carbocycles. The number of aryl methyl sites for hydroxylation is 2. The van der Waals surface area contributed by atoms with E-state index in [0.29, 0.717) is 0 Å². The molecule has 0 bridgehead atoms. The third-order valence-electron chi connectivity index (χ3n) is 2.81. The molecule has 1 aromatic rings. The lowest BCUT2D eigenvalue weighted by Gasteiger charge is -2.23. The molecule has 0 aliphatic heterocycles. The summed E-state index contributed by atoms with van der Waals surface area (Å²) in [6.07, 6.45) is 0. The predicted molar refractivity (Wildman–Crippen MR) is 76.0 cm³/mol. The number of anilines is 1. The Kier molecular flexibility index (Phi) is 7.05. The van der Waals surface area contributed by atoms with Gasteiger partial charge in [0.1, 0.15) is 0 Å². The van der Waals surface area contributed by atoms with Crippen molar-refractivity contribution in [3.05, 3.63) is 29.3 Å². The molecule has 2 amide bonds. The van der Waals surface area contributed by atoms with Gasteiger partial charge in [0.15, 0.2) is 0 Å². The maximum absolute atomic E-state index is 11.9. The van der Waals surface area contributed by atoms with Gasteiger partial charge < -0.3 is 15.3 Å². The van der Waals surface area contributed by atoms with Crippen molar-refractivity contribution < 1.29 is 9.90 Å². The lowest BCUT2D eigenvalue weighted by atomic mass is 10.1. The minimum absolute atomic E-state index is 0.0626. The third kappa shape index (κ3) is 4.37. The van der Waals surface area contributed by atoms with Crippen molar-refractivity contribution >= 4 is 11.7 Å². The zero-order chi connectivity index (χ0) is 14.3. The van der Waals surface area contributed by atoms with Gasteiger partial charge in [-0.3, -0.25) is 0 Å². The van der Waals surface area contributed by atoms with Gasteiger partial charge in [0.2, 0.25) is 0 Å². The quantitative estimate of drug-likeness (QED) is 0.850. The van der Waals surface area contributed by atoms with E-state index in [9.17, 15) is 4.79 Å². The fraction of sp³-hybridized carbons (Fsp3) is 0.500. The van der Waals surface area contributed by atoms with Crippen LogP contribution in [0.25, 0.3) is 0 Å². The fourth-order valence-electron chi connectivity index (χ4n) is 1.44. The summed E-state index contributed by atoms with van der Waals surface area (Å²) < 4.78 is 0. The lowest BCUT2D eigenvalue weighted by Crippen LogP contribution is -2.36. The molecule has 0 fully saturated rings. The second-order valence-electron chi connectivity index (χ2n) is 4.40.